The molecule has 17 heavy (non-hydrogen) atoms. The molecule has 0 aliphatic carbocycles. The highest BCUT2D eigenvalue weighted by Crippen LogP contribution is 2.14. The van der Waals surface area contributed by atoms with Crippen molar-refractivity contribution in [2.24, 2.45) is 5.92 Å². The third kappa shape index (κ3) is 5.15. The molecule has 1 rings (SSSR count). The molecule has 0 aliphatic rings. The number of hydrogen-bond donors (Lipinski definition) is 1. The van der Waals surface area contributed by atoms with Crippen molar-refractivity contribution in [3.63, 3.8) is 0 Å². The van der Waals surface area contributed by atoms with Crippen LogP contribution in [0, 0.1) is 5.92 Å². The number of aromatic nitrogens is 1. The van der Waals surface area contributed by atoms with Gasteiger partial charge in [-0.2, -0.15) is 0 Å². The van der Waals surface area contributed by atoms with E-state index in [2.05, 4.69) is 50.1 Å². The molecule has 3 nitrogen and oxygen atoms in total. The Balaban J connectivity index is 2.45. The topological polar surface area (TPSA) is 28.2 Å². The molecule has 0 spiro atoms. The van der Waals surface area contributed by atoms with Crippen molar-refractivity contribution in [3.8, 4) is 0 Å². The SMILES string of the molecule is CCc1ncc(CNC(CN(C)C)C(C)C)s1. The zero-order valence-electron chi connectivity index (χ0n) is 11.7. The van der Waals surface area contributed by atoms with Crippen molar-refractivity contribution < 1.29 is 0 Å². The molecule has 0 amide bonds. The number of nitrogens with zero attached hydrogens (tertiary/aromatic N) is 2. The average molecular weight is 255 g/mol. The van der Waals surface area contributed by atoms with Crippen LogP contribution in [-0.4, -0.2) is 36.6 Å². The van der Waals surface area contributed by atoms with Gasteiger partial charge in [0.25, 0.3) is 0 Å². The molecule has 0 saturated heterocycles. The largest absolute Gasteiger partial charge is 0.308 e. The molecule has 0 aromatic carbocycles. The van der Waals surface area contributed by atoms with Gasteiger partial charge in [0.1, 0.15) is 0 Å². The summed E-state index contributed by atoms with van der Waals surface area (Å²) in [7, 11) is 4.25. The highest BCUT2D eigenvalue weighted by Gasteiger charge is 2.14. The van der Waals surface area contributed by atoms with Crippen LogP contribution in [0.3, 0.4) is 0 Å². The van der Waals surface area contributed by atoms with Crippen LogP contribution in [0.1, 0.15) is 30.7 Å². The number of nitrogens with one attached hydrogen (secondary N) is 1. The minimum absolute atomic E-state index is 0.539. The van der Waals surface area contributed by atoms with E-state index < -0.39 is 0 Å². The standard InChI is InChI=1S/C13H25N3S/c1-6-13-15-8-11(17-13)7-14-12(10(2)3)9-16(4)5/h8,10,12,14H,6-7,9H2,1-5H3. The van der Waals surface area contributed by atoms with Gasteiger partial charge < -0.3 is 10.2 Å². The van der Waals surface area contributed by atoms with Gasteiger partial charge in [-0.25, -0.2) is 4.98 Å². The van der Waals surface area contributed by atoms with Crippen LogP contribution in [-0.2, 0) is 13.0 Å². The summed E-state index contributed by atoms with van der Waals surface area (Å²) in [5.41, 5.74) is 0. The first-order valence-electron chi connectivity index (χ1n) is 6.34. The molecule has 0 fully saturated rings. The highest BCUT2D eigenvalue weighted by atomic mass is 32.1. The second-order valence-electron chi connectivity index (χ2n) is 5.07. The van der Waals surface area contributed by atoms with E-state index in [4.69, 9.17) is 0 Å². The van der Waals surface area contributed by atoms with Gasteiger partial charge in [0.05, 0.1) is 5.01 Å². The number of rotatable bonds is 7. The first kappa shape index (κ1) is 14.6. The van der Waals surface area contributed by atoms with E-state index in [-0.39, 0.29) is 0 Å². The molecule has 98 valence electrons. The predicted molar refractivity (Wildman–Crippen MR) is 75.5 cm³/mol. The minimum atomic E-state index is 0.539. The molecule has 1 atom stereocenters. The highest BCUT2D eigenvalue weighted by molar-refractivity contribution is 7.11. The molecular formula is C13H25N3S. The fraction of sp³-hybridized carbons (Fsp3) is 0.769. The zero-order chi connectivity index (χ0) is 12.8. The van der Waals surface area contributed by atoms with Gasteiger partial charge in [0.15, 0.2) is 0 Å². The fourth-order valence-corrected chi connectivity index (χ4v) is 2.54. The molecule has 1 heterocycles. The second-order valence-corrected chi connectivity index (χ2v) is 6.27. The van der Waals surface area contributed by atoms with Crippen LogP contribution in [0.4, 0.5) is 0 Å². The minimum Gasteiger partial charge on any atom is -0.308 e. The van der Waals surface area contributed by atoms with E-state index in [1.807, 2.05) is 17.5 Å². The lowest BCUT2D eigenvalue weighted by Crippen LogP contribution is -2.41. The van der Waals surface area contributed by atoms with Gasteiger partial charge in [-0.3, -0.25) is 0 Å². The summed E-state index contributed by atoms with van der Waals surface area (Å²) in [6.07, 6.45) is 3.04. The van der Waals surface area contributed by atoms with Crippen molar-refractivity contribution in [1.29, 1.82) is 0 Å². The third-order valence-corrected chi connectivity index (χ3v) is 3.95. The molecule has 0 radical (unpaired) electrons. The summed E-state index contributed by atoms with van der Waals surface area (Å²) in [5.74, 6) is 0.649. The Labute approximate surface area is 109 Å². The summed E-state index contributed by atoms with van der Waals surface area (Å²) >= 11 is 1.82. The van der Waals surface area contributed by atoms with Crippen molar-refractivity contribution in [2.45, 2.75) is 39.8 Å². The second kappa shape index (κ2) is 7.09. The quantitative estimate of drug-likeness (QED) is 0.811. The Hall–Kier alpha value is -0.450. The van der Waals surface area contributed by atoms with Gasteiger partial charge in [-0.1, -0.05) is 20.8 Å². The lowest BCUT2D eigenvalue weighted by atomic mass is 10.0. The number of likely N-dealkylation sites (N-methyl/N-ethyl adjacent to an activating group) is 1. The summed E-state index contributed by atoms with van der Waals surface area (Å²) in [4.78, 5) is 7.96. The van der Waals surface area contributed by atoms with E-state index in [1.54, 1.807) is 0 Å². The van der Waals surface area contributed by atoms with E-state index in [9.17, 15) is 0 Å². The van der Waals surface area contributed by atoms with Gasteiger partial charge in [-0.05, 0) is 26.4 Å². The van der Waals surface area contributed by atoms with Crippen LogP contribution in [0.15, 0.2) is 6.20 Å². The molecule has 4 heteroatoms. The monoisotopic (exact) mass is 255 g/mol. The molecule has 1 N–H and O–H groups in total. The predicted octanol–water partition coefficient (Wildman–Crippen LogP) is 2.38. The molecule has 1 aromatic heterocycles. The average Bonchev–Trinajstić information content (AvgIpc) is 2.71. The van der Waals surface area contributed by atoms with Crippen LogP contribution < -0.4 is 5.32 Å². The molecule has 1 aromatic rings. The molecule has 0 saturated carbocycles. The maximum Gasteiger partial charge on any atom is 0.0925 e. The Kier molecular flexibility index (Phi) is 6.09. The maximum atomic E-state index is 4.39. The van der Waals surface area contributed by atoms with Crippen LogP contribution in [0.25, 0.3) is 0 Å². The van der Waals surface area contributed by atoms with Crippen molar-refractivity contribution in [3.05, 3.63) is 16.1 Å². The fourth-order valence-electron chi connectivity index (χ4n) is 1.73. The van der Waals surface area contributed by atoms with E-state index >= 15 is 0 Å². The van der Waals surface area contributed by atoms with Crippen molar-refractivity contribution in [2.75, 3.05) is 20.6 Å². The molecule has 0 aliphatic heterocycles. The Morgan fingerprint density at radius 1 is 1.41 bits per heavy atom. The summed E-state index contributed by atoms with van der Waals surface area (Å²) < 4.78 is 0. The Morgan fingerprint density at radius 2 is 2.12 bits per heavy atom. The summed E-state index contributed by atoms with van der Waals surface area (Å²) in [5, 5.41) is 4.86. The van der Waals surface area contributed by atoms with Gasteiger partial charge in [-0.15, -0.1) is 11.3 Å². The first-order valence-corrected chi connectivity index (χ1v) is 7.16. The smallest absolute Gasteiger partial charge is 0.0925 e. The van der Waals surface area contributed by atoms with E-state index in [0.29, 0.717) is 12.0 Å². The maximum absolute atomic E-state index is 4.39. The number of thiazole rings is 1. The van der Waals surface area contributed by atoms with Crippen LogP contribution in [0.2, 0.25) is 0 Å². The molecular weight excluding hydrogens is 230 g/mol. The van der Waals surface area contributed by atoms with Gasteiger partial charge in [0, 0.05) is 30.2 Å². The lowest BCUT2D eigenvalue weighted by molar-refractivity contribution is 0.288. The van der Waals surface area contributed by atoms with Gasteiger partial charge >= 0.3 is 0 Å². The normalized spacial score (nSPS) is 13.6. The third-order valence-electron chi connectivity index (χ3n) is 2.81. The van der Waals surface area contributed by atoms with Crippen LogP contribution >= 0.6 is 11.3 Å². The van der Waals surface area contributed by atoms with Gasteiger partial charge in [0.2, 0.25) is 0 Å². The lowest BCUT2D eigenvalue weighted by Gasteiger charge is -2.25. The summed E-state index contributed by atoms with van der Waals surface area (Å²) in [6.45, 7) is 8.71. The van der Waals surface area contributed by atoms with Crippen LogP contribution in [0.5, 0.6) is 0 Å². The zero-order valence-corrected chi connectivity index (χ0v) is 12.5. The van der Waals surface area contributed by atoms with E-state index in [1.165, 1.54) is 9.88 Å². The Bertz CT molecular complexity index is 320. The molecule has 0 bridgehead atoms. The first-order chi connectivity index (χ1) is 8.02. The van der Waals surface area contributed by atoms with E-state index in [0.717, 1.165) is 19.5 Å². The van der Waals surface area contributed by atoms with Crippen molar-refractivity contribution in [1.82, 2.24) is 15.2 Å². The summed E-state index contributed by atoms with van der Waals surface area (Å²) in [6, 6.07) is 0.539. The van der Waals surface area contributed by atoms with Crippen molar-refractivity contribution >= 4 is 11.3 Å². The number of aryl methyl sites for hydroxylation is 1. The number of hydrogen-bond acceptors (Lipinski definition) is 4. The molecule has 1 unspecified atom stereocenters. The Morgan fingerprint density at radius 3 is 2.59 bits per heavy atom.